The minimum Gasteiger partial charge on any atom is -0.374 e. The molecule has 0 spiro atoms. The number of halogens is 2. The third kappa shape index (κ3) is 2.68. The lowest BCUT2D eigenvalue weighted by Crippen LogP contribution is -2.52. The van der Waals surface area contributed by atoms with E-state index in [-0.39, 0.29) is 11.6 Å². The number of hydrogen-bond acceptors (Lipinski definition) is 3. The van der Waals surface area contributed by atoms with Gasteiger partial charge in [-0.05, 0) is 43.9 Å². The molecule has 2 rings (SSSR count). The molecule has 2 unspecified atom stereocenters. The van der Waals surface area contributed by atoms with Gasteiger partial charge in [-0.15, -0.1) is 0 Å². The molecule has 1 aromatic carbocycles. The Balaban J connectivity index is 2.12. The molecule has 0 aliphatic carbocycles. The molecule has 18 heavy (non-hydrogen) atoms. The average molecular weight is 256 g/mol. The molecule has 0 bridgehead atoms. The van der Waals surface area contributed by atoms with Gasteiger partial charge in [0.25, 0.3) is 0 Å². The maximum Gasteiger partial charge on any atom is 0.159 e. The zero-order valence-corrected chi connectivity index (χ0v) is 10.4. The summed E-state index contributed by atoms with van der Waals surface area (Å²) in [5, 5.41) is 0. The summed E-state index contributed by atoms with van der Waals surface area (Å²) in [4.78, 5) is 0. The third-order valence-corrected chi connectivity index (χ3v) is 3.61. The van der Waals surface area contributed by atoms with Gasteiger partial charge < -0.3 is 4.74 Å². The predicted octanol–water partition coefficient (Wildman–Crippen LogP) is 1.91. The van der Waals surface area contributed by atoms with Gasteiger partial charge in [-0.2, -0.15) is 0 Å². The van der Waals surface area contributed by atoms with Gasteiger partial charge in [0.05, 0.1) is 11.6 Å². The van der Waals surface area contributed by atoms with Gasteiger partial charge in [0.2, 0.25) is 0 Å². The molecule has 3 nitrogen and oxygen atoms in total. The first kappa shape index (κ1) is 13.4. The van der Waals surface area contributed by atoms with Crippen molar-refractivity contribution in [2.75, 3.05) is 6.61 Å². The van der Waals surface area contributed by atoms with Crippen LogP contribution in [0.25, 0.3) is 0 Å². The fraction of sp³-hybridized carbons (Fsp3) is 0.538. The quantitative estimate of drug-likeness (QED) is 0.639. The molecule has 0 aromatic heterocycles. The first-order chi connectivity index (χ1) is 8.55. The van der Waals surface area contributed by atoms with Crippen molar-refractivity contribution in [1.29, 1.82) is 0 Å². The van der Waals surface area contributed by atoms with E-state index in [0.29, 0.717) is 18.6 Å². The topological polar surface area (TPSA) is 47.3 Å². The van der Waals surface area contributed by atoms with Crippen molar-refractivity contribution in [3.05, 3.63) is 35.4 Å². The molecule has 0 saturated carbocycles. The zero-order chi connectivity index (χ0) is 13.2. The molecule has 5 heteroatoms. The van der Waals surface area contributed by atoms with Crippen LogP contribution in [0.4, 0.5) is 8.78 Å². The number of nitrogens with two attached hydrogens (primary N) is 1. The highest BCUT2D eigenvalue weighted by molar-refractivity contribution is 5.19. The fourth-order valence-electron chi connectivity index (χ4n) is 2.43. The largest absolute Gasteiger partial charge is 0.374 e. The van der Waals surface area contributed by atoms with Crippen molar-refractivity contribution in [1.82, 2.24) is 5.43 Å². The van der Waals surface area contributed by atoms with E-state index in [0.717, 1.165) is 18.9 Å². The molecule has 1 saturated heterocycles. The fourth-order valence-corrected chi connectivity index (χ4v) is 2.43. The van der Waals surface area contributed by atoms with Gasteiger partial charge in [0.1, 0.15) is 0 Å². The molecule has 0 amide bonds. The highest BCUT2D eigenvalue weighted by Gasteiger charge is 2.37. The molecule has 0 radical (unpaired) electrons. The number of hydrogen-bond donors (Lipinski definition) is 2. The summed E-state index contributed by atoms with van der Waals surface area (Å²) in [5.41, 5.74) is 3.08. The molecule has 1 aromatic rings. The molecular weight excluding hydrogens is 238 g/mol. The first-order valence-corrected chi connectivity index (χ1v) is 6.09. The number of rotatable bonds is 4. The number of hydrazine groups is 1. The zero-order valence-electron chi connectivity index (χ0n) is 10.4. The number of ether oxygens (including phenoxy) is 1. The lowest BCUT2D eigenvalue weighted by molar-refractivity contribution is -0.0115. The summed E-state index contributed by atoms with van der Waals surface area (Å²) in [6, 6.07) is 3.79. The van der Waals surface area contributed by atoms with E-state index in [9.17, 15) is 8.78 Å². The van der Waals surface area contributed by atoms with Crippen molar-refractivity contribution in [3.63, 3.8) is 0 Å². The van der Waals surface area contributed by atoms with Crippen molar-refractivity contribution >= 4 is 0 Å². The summed E-state index contributed by atoms with van der Waals surface area (Å²) >= 11 is 0. The third-order valence-electron chi connectivity index (χ3n) is 3.61. The Morgan fingerprint density at radius 2 is 2.22 bits per heavy atom. The molecule has 2 atom stereocenters. The molecule has 1 heterocycles. The Labute approximate surface area is 105 Å². The van der Waals surface area contributed by atoms with Crippen LogP contribution in [0.2, 0.25) is 0 Å². The van der Waals surface area contributed by atoms with Crippen LogP contribution in [0.15, 0.2) is 18.2 Å². The Morgan fingerprint density at radius 1 is 1.44 bits per heavy atom. The molecule has 100 valence electrons. The second kappa shape index (κ2) is 5.30. The maximum absolute atomic E-state index is 13.1. The average Bonchev–Trinajstić information content (AvgIpc) is 2.78. The van der Waals surface area contributed by atoms with Crippen LogP contribution in [-0.2, 0) is 11.2 Å². The second-order valence-electron chi connectivity index (χ2n) is 4.94. The van der Waals surface area contributed by atoms with Crippen molar-refractivity contribution < 1.29 is 13.5 Å². The van der Waals surface area contributed by atoms with Crippen LogP contribution in [0.5, 0.6) is 0 Å². The van der Waals surface area contributed by atoms with E-state index >= 15 is 0 Å². The lowest BCUT2D eigenvalue weighted by atomic mass is 9.89. The van der Waals surface area contributed by atoms with Gasteiger partial charge >= 0.3 is 0 Å². The predicted molar refractivity (Wildman–Crippen MR) is 64.8 cm³/mol. The molecule has 1 fully saturated rings. The SMILES string of the molecule is CC1(C(Cc2ccc(F)c(F)c2)NN)CCCO1. The highest BCUT2D eigenvalue weighted by atomic mass is 19.2. The summed E-state index contributed by atoms with van der Waals surface area (Å²) in [6.07, 6.45) is 2.40. The maximum atomic E-state index is 13.1. The van der Waals surface area contributed by atoms with Gasteiger partial charge in [0.15, 0.2) is 11.6 Å². The normalized spacial score (nSPS) is 25.3. The Morgan fingerprint density at radius 3 is 2.78 bits per heavy atom. The summed E-state index contributed by atoms with van der Waals surface area (Å²) in [5.74, 6) is 3.89. The monoisotopic (exact) mass is 256 g/mol. The second-order valence-corrected chi connectivity index (χ2v) is 4.94. The van der Waals surface area contributed by atoms with E-state index in [4.69, 9.17) is 10.6 Å². The van der Waals surface area contributed by atoms with Crippen molar-refractivity contribution in [2.45, 2.75) is 37.8 Å². The van der Waals surface area contributed by atoms with E-state index in [1.54, 1.807) is 6.07 Å². The lowest BCUT2D eigenvalue weighted by Gasteiger charge is -2.33. The van der Waals surface area contributed by atoms with Gasteiger partial charge in [-0.25, -0.2) is 8.78 Å². The van der Waals surface area contributed by atoms with Gasteiger partial charge in [-0.1, -0.05) is 6.07 Å². The van der Waals surface area contributed by atoms with E-state index in [2.05, 4.69) is 5.43 Å². The first-order valence-electron chi connectivity index (χ1n) is 6.09. The minimum atomic E-state index is -0.834. The van der Waals surface area contributed by atoms with Crippen LogP contribution >= 0.6 is 0 Å². The van der Waals surface area contributed by atoms with Gasteiger partial charge in [0, 0.05) is 6.61 Å². The molecular formula is C13H18F2N2O. The van der Waals surface area contributed by atoms with E-state index in [1.807, 2.05) is 6.92 Å². The molecule has 1 aliphatic heterocycles. The Kier molecular flexibility index (Phi) is 3.94. The van der Waals surface area contributed by atoms with E-state index in [1.165, 1.54) is 6.07 Å². The summed E-state index contributed by atoms with van der Waals surface area (Å²) < 4.78 is 31.7. The molecule has 1 aliphatic rings. The van der Waals surface area contributed by atoms with Crippen LogP contribution in [-0.4, -0.2) is 18.2 Å². The van der Waals surface area contributed by atoms with E-state index < -0.39 is 11.6 Å². The standard InChI is InChI=1S/C13H18F2N2O/c1-13(5-2-6-18-13)12(17-16)8-9-3-4-10(14)11(15)7-9/h3-4,7,12,17H,2,5-6,8,16H2,1H3. The Bertz CT molecular complexity index is 419. The smallest absolute Gasteiger partial charge is 0.159 e. The molecule has 3 N–H and O–H groups in total. The number of nitrogens with one attached hydrogen (secondary N) is 1. The van der Waals surface area contributed by atoms with Crippen LogP contribution in [0.1, 0.15) is 25.3 Å². The van der Waals surface area contributed by atoms with Gasteiger partial charge in [-0.3, -0.25) is 11.3 Å². The number of benzene rings is 1. The minimum absolute atomic E-state index is 0.120. The van der Waals surface area contributed by atoms with Crippen LogP contribution in [0, 0.1) is 11.6 Å². The highest BCUT2D eigenvalue weighted by Crippen LogP contribution is 2.30. The van der Waals surface area contributed by atoms with Crippen molar-refractivity contribution in [2.24, 2.45) is 5.84 Å². The van der Waals surface area contributed by atoms with Crippen LogP contribution in [0.3, 0.4) is 0 Å². The van der Waals surface area contributed by atoms with Crippen molar-refractivity contribution in [3.8, 4) is 0 Å². The van der Waals surface area contributed by atoms with Crippen LogP contribution < -0.4 is 11.3 Å². The Hall–Kier alpha value is -1.04. The summed E-state index contributed by atoms with van der Waals surface area (Å²) in [6.45, 7) is 2.71. The summed E-state index contributed by atoms with van der Waals surface area (Å²) in [7, 11) is 0.